The molecule has 5 heteroatoms. The molecule has 1 aliphatic rings. The molecule has 0 radical (unpaired) electrons. The zero-order valence-electron chi connectivity index (χ0n) is 8.69. The molecule has 0 aliphatic carbocycles. The SMILES string of the molecule is CCn1ncc(Br)c1C(O)C1CCCS1. The van der Waals surface area contributed by atoms with Crippen LogP contribution in [0.2, 0.25) is 0 Å². The molecule has 3 nitrogen and oxygen atoms in total. The molecule has 2 unspecified atom stereocenters. The minimum atomic E-state index is -0.394. The summed E-state index contributed by atoms with van der Waals surface area (Å²) in [6.45, 7) is 2.84. The first-order valence-corrected chi connectivity index (χ1v) is 7.09. The van der Waals surface area contributed by atoms with E-state index in [-0.39, 0.29) is 0 Å². The summed E-state index contributed by atoms with van der Waals surface area (Å²) in [5, 5.41) is 14.9. The lowest BCUT2D eigenvalue weighted by atomic mass is 10.1. The molecule has 1 aliphatic heterocycles. The van der Waals surface area contributed by atoms with Crippen LogP contribution in [0.4, 0.5) is 0 Å². The number of rotatable bonds is 3. The molecule has 15 heavy (non-hydrogen) atoms. The van der Waals surface area contributed by atoms with E-state index in [1.807, 2.05) is 23.4 Å². The monoisotopic (exact) mass is 290 g/mol. The van der Waals surface area contributed by atoms with Crippen LogP contribution in [0.25, 0.3) is 0 Å². The summed E-state index contributed by atoms with van der Waals surface area (Å²) >= 11 is 5.32. The van der Waals surface area contributed by atoms with Crippen molar-refractivity contribution in [2.75, 3.05) is 5.75 Å². The van der Waals surface area contributed by atoms with Crippen molar-refractivity contribution in [3.63, 3.8) is 0 Å². The Bertz CT molecular complexity index is 336. The van der Waals surface area contributed by atoms with Crippen molar-refractivity contribution in [2.45, 2.75) is 37.7 Å². The molecule has 0 spiro atoms. The summed E-state index contributed by atoms with van der Waals surface area (Å²) in [5.41, 5.74) is 0.928. The molecule has 0 aromatic carbocycles. The van der Waals surface area contributed by atoms with Crippen molar-refractivity contribution in [3.8, 4) is 0 Å². The van der Waals surface area contributed by atoms with E-state index in [4.69, 9.17) is 0 Å². The Hall–Kier alpha value is -0.0000000000000000555. The quantitative estimate of drug-likeness (QED) is 0.930. The normalized spacial score (nSPS) is 23.3. The number of aromatic nitrogens is 2. The predicted molar refractivity (Wildman–Crippen MR) is 66.0 cm³/mol. The number of aryl methyl sites for hydroxylation is 1. The van der Waals surface area contributed by atoms with Crippen LogP contribution in [-0.4, -0.2) is 25.9 Å². The Kier molecular flexibility index (Phi) is 3.74. The molecule has 2 heterocycles. The van der Waals surface area contributed by atoms with E-state index in [0.717, 1.165) is 23.1 Å². The highest BCUT2D eigenvalue weighted by Gasteiger charge is 2.29. The van der Waals surface area contributed by atoms with Gasteiger partial charge in [-0.2, -0.15) is 16.9 Å². The number of aliphatic hydroxyl groups is 1. The molecule has 0 bridgehead atoms. The summed E-state index contributed by atoms with van der Waals surface area (Å²) < 4.78 is 2.79. The van der Waals surface area contributed by atoms with E-state index in [1.165, 1.54) is 12.2 Å². The second-order valence-corrected chi connectivity index (χ2v) is 5.89. The Labute approximate surface area is 102 Å². The number of halogens is 1. The number of nitrogens with zero attached hydrogens (tertiary/aromatic N) is 2. The second kappa shape index (κ2) is 4.89. The average molecular weight is 291 g/mol. The molecule has 84 valence electrons. The summed E-state index contributed by atoms with van der Waals surface area (Å²) in [6.07, 6.45) is 3.69. The fourth-order valence-corrected chi connectivity index (χ4v) is 3.76. The van der Waals surface area contributed by atoms with E-state index < -0.39 is 6.10 Å². The van der Waals surface area contributed by atoms with Gasteiger partial charge >= 0.3 is 0 Å². The highest BCUT2D eigenvalue weighted by Crippen LogP contribution is 2.38. The third-order valence-electron chi connectivity index (χ3n) is 2.73. The van der Waals surface area contributed by atoms with Crippen LogP contribution in [-0.2, 0) is 6.54 Å². The molecule has 0 amide bonds. The standard InChI is InChI=1S/C10H15BrN2OS/c1-2-13-9(7(11)6-12-13)10(14)8-4-3-5-15-8/h6,8,10,14H,2-5H2,1H3. The maximum Gasteiger partial charge on any atom is 0.109 e. The molecule has 2 rings (SSSR count). The average Bonchev–Trinajstić information content (AvgIpc) is 2.85. The molecule has 1 fully saturated rings. The van der Waals surface area contributed by atoms with Gasteiger partial charge < -0.3 is 5.11 Å². The van der Waals surface area contributed by atoms with Crippen molar-refractivity contribution in [1.29, 1.82) is 0 Å². The minimum Gasteiger partial charge on any atom is -0.386 e. The number of hydrogen-bond donors (Lipinski definition) is 1. The summed E-state index contributed by atoms with van der Waals surface area (Å²) in [5.74, 6) is 1.17. The second-order valence-electron chi connectivity index (χ2n) is 3.69. The Balaban J connectivity index is 2.22. The lowest BCUT2D eigenvalue weighted by Crippen LogP contribution is -2.17. The molecular formula is C10H15BrN2OS. The van der Waals surface area contributed by atoms with Crippen molar-refractivity contribution in [2.24, 2.45) is 0 Å². The largest absolute Gasteiger partial charge is 0.386 e. The first kappa shape index (κ1) is 11.5. The van der Waals surface area contributed by atoms with Gasteiger partial charge in [0.15, 0.2) is 0 Å². The highest BCUT2D eigenvalue weighted by atomic mass is 79.9. The van der Waals surface area contributed by atoms with Gasteiger partial charge in [0.2, 0.25) is 0 Å². The van der Waals surface area contributed by atoms with E-state index in [2.05, 4.69) is 21.0 Å². The van der Waals surface area contributed by atoms with Crippen LogP contribution in [0.15, 0.2) is 10.7 Å². The van der Waals surface area contributed by atoms with E-state index >= 15 is 0 Å². The van der Waals surface area contributed by atoms with Gasteiger partial charge in [-0.15, -0.1) is 0 Å². The van der Waals surface area contributed by atoms with Gasteiger partial charge in [-0.25, -0.2) is 0 Å². The van der Waals surface area contributed by atoms with Gasteiger partial charge in [0.25, 0.3) is 0 Å². The highest BCUT2D eigenvalue weighted by molar-refractivity contribution is 9.10. The third-order valence-corrected chi connectivity index (χ3v) is 4.79. The Morgan fingerprint density at radius 1 is 1.80 bits per heavy atom. The molecule has 0 saturated carbocycles. The van der Waals surface area contributed by atoms with Crippen LogP contribution >= 0.6 is 27.7 Å². The van der Waals surface area contributed by atoms with Gasteiger partial charge in [0.05, 0.1) is 16.4 Å². The van der Waals surface area contributed by atoms with Gasteiger partial charge in [-0.05, 0) is 41.4 Å². The smallest absolute Gasteiger partial charge is 0.109 e. The summed E-state index contributed by atoms with van der Waals surface area (Å²) in [7, 11) is 0. The van der Waals surface area contributed by atoms with Crippen molar-refractivity contribution < 1.29 is 5.11 Å². The van der Waals surface area contributed by atoms with Gasteiger partial charge in [0, 0.05) is 11.8 Å². The van der Waals surface area contributed by atoms with Crippen molar-refractivity contribution in [1.82, 2.24) is 9.78 Å². The summed E-state index contributed by atoms with van der Waals surface area (Å²) in [6, 6.07) is 0. The first-order chi connectivity index (χ1) is 7.24. The van der Waals surface area contributed by atoms with E-state index in [0.29, 0.717) is 5.25 Å². The number of hydrogen-bond acceptors (Lipinski definition) is 3. The molecule has 2 atom stereocenters. The van der Waals surface area contributed by atoms with Crippen molar-refractivity contribution >= 4 is 27.7 Å². The molecule has 1 N–H and O–H groups in total. The third kappa shape index (κ3) is 2.24. The molecule has 1 saturated heterocycles. The Morgan fingerprint density at radius 2 is 2.60 bits per heavy atom. The zero-order chi connectivity index (χ0) is 10.8. The first-order valence-electron chi connectivity index (χ1n) is 5.25. The van der Waals surface area contributed by atoms with E-state index in [1.54, 1.807) is 6.20 Å². The topological polar surface area (TPSA) is 38.0 Å². The minimum absolute atomic E-state index is 0.336. The Morgan fingerprint density at radius 3 is 3.20 bits per heavy atom. The van der Waals surface area contributed by atoms with Crippen LogP contribution in [0.1, 0.15) is 31.6 Å². The number of thioether (sulfide) groups is 1. The lowest BCUT2D eigenvalue weighted by Gasteiger charge is -2.18. The maximum atomic E-state index is 10.3. The molecule has 1 aromatic rings. The predicted octanol–water partition coefficient (Wildman–Crippen LogP) is 2.59. The lowest BCUT2D eigenvalue weighted by molar-refractivity contribution is 0.161. The van der Waals surface area contributed by atoms with Crippen molar-refractivity contribution in [3.05, 3.63) is 16.4 Å². The molecule has 1 aromatic heterocycles. The van der Waals surface area contributed by atoms with E-state index in [9.17, 15) is 5.11 Å². The van der Waals surface area contributed by atoms with Crippen LogP contribution in [0.3, 0.4) is 0 Å². The zero-order valence-corrected chi connectivity index (χ0v) is 11.1. The summed E-state index contributed by atoms with van der Waals surface area (Å²) in [4.78, 5) is 0. The fourth-order valence-electron chi connectivity index (χ4n) is 1.95. The van der Waals surface area contributed by atoms with Crippen LogP contribution in [0, 0.1) is 0 Å². The van der Waals surface area contributed by atoms with Crippen LogP contribution in [0.5, 0.6) is 0 Å². The fraction of sp³-hybridized carbons (Fsp3) is 0.700. The van der Waals surface area contributed by atoms with Gasteiger partial charge in [-0.1, -0.05) is 0 Å². The maximum absolute atomic E-state index is 10.3. The van der Waals surface area contributed by atoms with Crippen LogP contribution < -0.4 is 0 Å². The van der Waals surface area contributed by atoms with Gasteiger partial charge in [0.1, 0.15) is 6.10 Å². The number of aliphatic hydroxyl groups excluding tert-OH is 1. The molecular weight excluding hydrogens is 276 g/mol. The van der Waals surface area contributed by atoms with Gasteiger partial charge in [-0.3, -0.25) is 4.68 Å².